The van der Waals surface area contributed by atoms with Crippen molar-refractivity contribution in [3.8, 4) is 0 Å². The Bertz CT molecular complexity index is 613. The fraction of sp³-hybridized carbons (Fsp3) is 0.556. The largest absolute Gasteiger partial charge is 0.475 e. The van der Waals surface area contributed by atoms with Crippen molar-refractivity contribution in [2.24, 2.45) is 10.4 Å². The maximum Gasteiger partial charge on any atom is 0.241 e. The number of ether oxygens (including phenoxy) is 1. The maximum atomic E-state index is 12.4. The molecule has 0 spiro atoms. The summed E-state index contributed by atoms with van der Waals surface area (Å²) in [5, 5.41) is 6.24. The third-order valence-corrected chi connectivity index (χ3v) is 4.44. The molecular formula is C18H25N3O2. The molecule has 0 aromatic heterocycles. The number of carbonyl (C=O) groups excluding carboxylic acids is 1. The minimum Gasteiger partial charge on any atom is -0.475 e. The number of hydrogen-bond donors (Lipinski definition) is 2. The lowest BCUT2D eigenvalue weighted by Crippen LogP contribution is -2.35. The van der Waals surface area contributed by atoms with Crippen LogP contribution in [0.1, 0.15) is 39.2 Å². The van der Waals surface area contributed by atoms with Crippen molar-refractivity contribution in [1.29, 1.82) is 0 Å². The van der Waals surface area contributed by atoms with Crippen LogP contribution in [0.3, 0.4) is 0 Å². The maximum absolute atomic E-state index is 12.4. The Kier molecular flexibility index (Phi) is 4.39. The van der Waals surface area contributed by atoms with Crippen molar-refractivity contribution in [2.45, 2.75) is 45.7 Å². The Morgan fingerprint density at radius 1 is 1.35 bits per heavy atom. The van der Waals surface area contributed by atoms with E-state index in [0.717, 1.165) is 30.6 Å². The molecule has 0 radical (unpaired) electrons. The van der Waals surface area contributed by atoms with Crippen molar-refractivity contribution in [1.82, 2.24) is 5.32 Å². The first-order valence-corrected chi connectivity index (χ1v) is 8.29. The summed E-state index contributed by atoms with van der Waals surface area (Å²) >= 11 is 0. The number of amides is 1. The zero-order chi connectivity index (χ0) is 16.4. The van der Waals surface area contributed by atoms with Crippen LogP contribution in [0.15, 0.2) is 29.3 Å². The highest BCUT2D eigenvalue weighted by Crippen LogP contribution is 2.29. The van der Waals surface area contributed by atoms with Crippen LogP contribution in [-0.2, 0) is 9.53 Å². The molecule has 23 heavy (non-hydrogen) atoms. The Labute approximate surface area is 137 Å². The van der Waals surface area contributed by atoms with E-state index in [2.05, 4.69) is 31.4 Å². The lowest BCUT2D eigenvalue weighted by atomic mass is 9.88. The van der Waals surface area contributed by atoms with E-state index in [4.69, 9.17) is 9.73 Å². The number of nitrogens with zero attached hydrogens (tertiary/aromatic N) is 1. The van der Waals surface area contributed by atoms with Crippen molar-refractivity contribution in [3.05, 3.63) is 29.8 Å². The average molecular weight is 315 g/mol. The molecule has 1 unspecified atom stereocenters. The second kappa shape index (κ2) is 6.32. The van der Waals surface area contributed by atoms with Gasteiger partial charge in [-0.3, -0.25) is 4.79 Å². The zero-order valence-electron chi connectivity index (χ0n) is 14.1. The molecule has 1 saturated heterocycles. The van der Waals surface area contributed by atoms with E-state index in [0.29, 0.717) is 12.5 Å². The Hall–Kier alpha value is -1.88. The fourth-order valence-electron chi connectivity index (χ4n) is 2.87. The molecule has 1 aromatic carbocycles. The Morgan fingerprint density at radius 2 is 2.13 bits per heavy atom. The van der Waals surface area contributed by atoms with Gasteiger partial charge in [-0.25, -0.2) is 4.99 Å². The first kappa shape index (κ1) is 16.0. The smallest absolute Gasteiger partial charge is 0.241 e. The van der Waals surface area contributed by atoms with E-state index < -0.39 is 0 Å². The topological polar surface area (TPSA) is 62.7 Å². The van der Waals surface area contributed by atoms with Gasteiger partial charge in [0.05, 0.1) is 23.3 Å². The lowest BCUT2D eigenvalue weighted by Gasteiger charge is -2.21. The number of rotatable bonds is 3. The van der Waals surface area contributed by atoms with E-state index in [1.807, 2.05) is 24.3 Å². The highest BCUT2D eigenvalue weighted by Gasteiger charge is 2.31. The number of aliphatic imine (C=N–C) groups is 1. The van der Waals surface area contributed by atoms with Crippen LogP contribution in [0.5, 0.6) is 0 Å². The monoisotopic (exact) mass is 315 g/mol. The third-order valence-electron chi connectivity index (χ3n) is 4.44. The summed E-state index contributed by atoms with van der Waals surface area (Å²) in [5.74, 6) is 0.640. The van der Waals surface area contributed by atoms with Crippen LogP contribution in [0, 0.1) is 5.41 Å². The van der Waals surface area contributed by atoms with Crippen molar-refractivity contribution >= 4 is 17.5 Å². The van der Waals surface area contributed by atoms with Crippen LogP contribution in [0.2, 0.25) is 0 Å². The average Bonchev–Trinajstić information content (AvgIpc) is 3.19. The summed E-state index contributed by atoms with van der Waals surface area (Å²) in [4.78, 5) is 17.1. The van der Waals surface area contributed by atoms with Gasteiger partial charge in [0, 0.05) is 0 Å². The quantitative estimate of drug-likeness (QED) is 0.901. The molecule has 1 aromatic rings. The summed E-state index contributed by atoms with van der Waals surface area (Å²) in [6.45, 7) is 7.97. The second-order valence-electron chi connectivity index (χ2n) is 7.31. The summed E-state index contributed by atoms with van der Waals surface area (Å²) in [6.07, 6.45) is 1.93. The van der Waals surface area contributed by atoms with Crippen molar-refractivity contribution < 1.29 is 9.53 Å². The van der Waals surface area contributed by atoms with E-state index in [9.17, 15) is 4.79 Å². The molecule has 2 N–H and O–H groups in total. The zero-order valence-corrected chi connectivity index (χ0v) is 14.1. The molecule has 0 saturated carbocycles. The van der Waals surface area contributed by atoms with E-state index in [1.54, 1.807) is 0 Å². The van der Waals surface area contributed by atoms with Gasteiger partial charge in [-0.15, -0.1) is 0 Å². The molecule has 2 atom stereocenters. The van der Waals surface area contributed by atoms with Gasteiger partial charge in [0.15, 0.2) is 0 Å². The van der Waals surface area contributed by atoms with E-state index in [-0.39, 0.29) is 23.4 Å². The van der Waals surface area contributed by atoms with Gasteiger partial charge in [-0.05, 0) is 36.9 Å². The SMILES string of the molecule is CC(C)(C)[C@H]1COC(c2ccccc2NC(=O)C2CCCN2)=N1. The molecule has 5 heteroatoms. The highest BCUT2D eigenvalue weighted by atomic mass is 16.5. The van der Waals surface area contributed by atoms with E-state index >= 15 is 0 Å². The summed E-state index contributed by atoms with van der Waals surface area (Å²) in [5.41, 5.74) is 1.68. The predicted octanol–water partition coefficient (Wildman–Crippen LogP) is 2.57. The molecule has 124 valence electrons. The van der Waals surface area contributed by atoms with Crippen LogP contribution < -0.4 is 10.6 Å². The summed E-state index contributed by atoms with van der Waals surface area (Å²) in [7, 11) is 0. The number of carbonyl (C=O) groups is 1. The molecular weight excluding hydrogens is 290 g/mol. The summed E-state index contributed by atoms with van der Waals surface area (Å²) < 4.78 is 5.81. The van der Waals surface area contributed by atoms with Gasteiger partial charge in [0.25, 0.3) is 0 Å². The lowest BCUT2D eigenvalue weighted by molar-refractivity contribution is -0.117. The fourth-order valence-corrected chi connectivity index (χ4v) is 2.87. The normalized spacial score (nSPS) is 24.2. The number of hydrogen-bond acceptors (Lipinski definition) is 4. The van der Waals surface area contributed by atoms with Crippen LogP contribution in [-0.4, -0.2) is 37.0 Å². The number of benzene rings is 1. The number of para-hydroxylation sites is 1. The Balaban J connectivity index is 1.80. The molecule has 5 nitrogen and oxygen atoms in total. The number of nitrogens with one attached hydrogen (secondary N) is 2. The van der Waals surface area contributed by atoms with Gasteiger partial charge in [-0.2, -0.15) is 0 Å². The third kappa shape index (κ3) is 3.55. The van der Waals surface area contributed by atoms with Gasteiger partial charge in [0.2, 0.25) is 11.8 Å². The summed E-state index contributed by atoms with van der Waals surface area (Å²) in [6, 6.07) is 7.74. The second-order valence-corrected chi connectivity index (χ2v) is 7.31. The standard InChI is InChI=1S/C18H25N3O2/c1-18(2,3)15-11-23-17(21-15)12-7-4-5-8-13(12)20-16(22)14-9-6-10-19-14/h4-5,7-8,14-15,19H,6,9-11H2,1-3H3,(H,20,22)/t14?,15-/m1/s1. The first-order chi connectivity index (χ1) is 10.9. The predicted molar refractivity (Wildman–Crippen MR) is 91.8 cm³/mol. The van der Waals surface area contributed by atoms with Gasteiger partial charge < -0.3 is 15.4 Å². The molecule has 0 aliphatic carbocycles. The van der Waals surface area contributed by atoms with E-state index in [1.165, 1.54) is 0 Å². The highest BCUT2D eigenvalue weighted by molar-refractivity contribution is 6.05. The Morgan fingerprint density at radius 3 is 2.78 bits per heavy atom. The molecule has 3 rings (SSSR count). The minimum absolute atomic E-state index is 0.0147. The number of anilines is 1. The van der Waals surface area contributed by atoms with Gasteiger partial charge in [0.1, 0.15) is 6.61 Å². The first-order valence-electron chi connectivity index (χ1n) is 8.29. The minimum atomic E-state index is -0.100. The van der Waals surface area contributed by atoms with Crippen LogP contribution in [0.25, 0.3) is 0 Å². The molecule has 1 fully saturated rings. The van der Waals surface area contributed by atoms with Gasteiger partial charge >= 0.3 is 0 Å². The molecule has 1 amide bonds. The molecule has 2 aliphatic heterocycles. The molecule has 0 bridgehead atoms. The van der Waals surface area contributed by atoms with Crippen molar-refractivity contribution in [2.75, 3.05) is 18.5 Å². The molecule has 2 aliphatic rings. The van der Waals surface area contributed by atoms with Crippen LogP contribution >= 0.6 is 0 Å². The van der Waals surface area contributed by atoms with Crippen LogP contribution in [0.4, 0.5) is 5.69 Å². The molecule has 2 heterocycles. The van der Waals surface area contributed by atoms with Gasteiger partial charge in [-0.1, -0.05) is 32.9 Å². The van der Waals surface area contributed by atoms with Crippen molar-refractivity contribution in [3.63, 3.8) is 0 Å².